The number of benzene rings is 2. The third-order valence-corrected chi connectivity index (χ3v) is 3.39. The summed E-state index contributed by atoms with van der Waals surface area (Å²) in [5.41, 5.74) is 1.15. The van der Waals surface area contributed by atoms with Crippen molar-refractivity contribution in [2.24, 2.45) is 0 Å². The molecule has 2 N–H and O–H groups in total. The molecule has 0 radical (unpaired) electrons. The number of urea groups is 1. The second-order valence-electron chi connectivity index (χ2n) is 5.11. The van der Waals surface area contributed by atoms with Crippen molar-refractivity contribution < 1.29 is 23.9 Å². The van der Waals surface area contributed by atoms with Crippen LogP contribution in [0.5, 0.6) is 11.5 Å². The van der Waals surface area contributed by atoms with E-state index in [0.29, 0.717) is 22.7 Å². The second-order valence-corrected chi connectivity index (χ2v) is 5.11. The van der Waals surface area contributed by atoms with Crippen LogP contribution < -0.4 is 20.1 Å². The number of hydrogen-bond donors (Lipinski definition) is 2. The minimum atomic E-state index is -0.696. The molecule has 0 saturated heterocycles. The van der Waals surface area contributed by atoms with E-state index in [1.54, 1.807) is 24.3 Å². The second kappa shape index (κ2) is 6.41. The minimum Gasteiger partial charge on any atom is -0.454 e. The van der Waals surface area contributed by atoms with Crippen LogP contribution in [-0.4, -0.2) is 24.5 Å². The third-order valence-electron chi connectivity index (χ3n) is 3.39. The Hall–Kier alpha value is -3.35. The van der Waals surface area contributed by atoms with Crippen LogP contribution in [0.3, 0.4) is 0 Å². The SMILES string of the molecule is CC(=O)c1cccc(NC(=O)NC(=O)c2ccc3c(c2)OCO3)c1. The maximum atomic E-state index is 12.1. The monoisotopic (exact) mass is 326 g/mol. The van der Waals surface area contributed by atoms with Gasteiger partial charge >= 0.3 is 6.03 Å². The molecule has 7 nitrogen and oxygen atoms in total. The lowest BCUT2D eigenvalue weighted by molar-refractivity contribution is 0.0965. The van der Waals surface area contributed by atoms with E-state index in [9.17, 15) is 14.4 Å². The first kappa shape index (κ1) is 15.5. The van der Waals surface area contributed by atoms with E-state index in [4.69, 9.17) is 9.47 Å². The number of ether oxygens (including phenoxy) is 2. The van der Waals surface area contributed by atoms with Crippen LogP contribution in [0.25, 0.3) is 0 Å². The number of hydrogen-bond acceptors (Lipinski definition) is 5. The highest BCUT2D eigenvalue weighted by atomic mass is 16.7. The summed E-state index contributed by atoms with van der Waals surface area (Å²) in [6.45, 7) is 1.54. The average Bonchev–Trinajstić information content (AvgIpc) is 3.02. The van der Waals surface area contributed by atoms with E-state index >= 15 is 0 Å². The Kier molecular flexibility index (Phi) is 4.15. The van der Waals surface area contributed by atoms with Crippen LogP contribution >= 0.6 is 0 Å². The fraction of sp³-hybridized carbons (Fsp3) is 0.118. The van der Waals surface area contributed by atoms with Crippen molar-refractivity contribution in [2.45, 2.75) is 6.92 Å². The standard InChI is InChI=1S/C17H14N2O5/c1-10(20)11-3-2-4-13(7-11)18-17(22)19-16(21)12-5-6-14-15(8-12)24-9-23-14/h2-8H,9H2,1H3,(H2,18,19,21,22). The number of anilines is 1. The molecule has 1 heterocycles. The molecule has 2 aromatic carbocycles. The Labute approximate surface area is 137 Å². The molecule has 24 heavy (non-hydrogen) atoms. The van der Waals surface area contributed by atoms with Crippen molar-refractivity contribution in [2.75, 3.05) is 12.1 Å². The maximum Gasteiger partial charge on any atom is 0.326 e. The summed E-state index contributed by atoms with van der Waals surface area (Å²) < 4.78 is 10.4. The first-order valence-corrected chi connectivity index (χ1v) is 7.16. The number of amides is 3. The van der Waals surface area contributed by atoms with Gasteiger partial charge in [0.2, 0.25) is 6.79 Å². The van der Waals surface area contributed by atoms with Crippen LogP contribution in [0.4, 0.5) is 10.5 Å². The van der Waals surface area contributed by atoms with Gasteiger partial charge in [-0.2, -0.15) is 0 Å². The normalized spacial score (nSPS) is 11.7. The summed E-state index contributed by atoms with van der Waals surface area (Å²) in [4.78, 5) is 35.4. The highest BCUT2D eigenvalue weighted by molar-refractivity contribution is 6.08. The number of carbonyl (C=O) groups is 3. The topological polar surface area (TPSA) is 93.7 Å². The van der Waals surface area contributed by atoms with Gasteiger partial charge in [0.05, 0.1) is 0 Å². The van der Waals surface area contributed by atoms with Crippen molar-refractivity contribution in [3.05, 3.63) is 53.6 Å². The number of imide groups is 1. The number of fused-ring (bicyclic) bond motifs is 1. The van der Waals surface area contributed by atoms with E-state index in [0.717, 1.165) is 0 Å². The predicted octanol–water partition coefficient (Wildman–Crippen LogP) is 2.58. The Morgan fingerprint density at radius 2 is 1.75 bits per heavy atom. The number of Topliss-reactive ketones (excluding diaryl/α,β-unsaturated/α-hetero) is 1. The van der Waals surface area contributed by atoms with Gasteiger partial charge in [0, 0.05) is 16.8 Å². The number of carbonyl (C=O) groups excluding carboxylic acids is 3. The van der Waals surface area contributed by atoms with E-state index < -0.39 is 11.9 Å². The van der Waals surface area contributed by atoms with Gasteiger partial charge < -0.3 is 14.8 Å². The quantitative estimate of drug-likeness (QED) is 0.846. The van der Waals surface area contributed by atoms with Crippen molar-refractivity contribution >= 4 is 23.4 Å². The summed E-state index contributed by atoms with van der Waals surface area (Å²) >= 11 is 0. The van der Waals surface area contributed by atoms with E-state index in [2.05, 4.69) is 10.6 Å². The van der Waals surface area contributed by atoms with Gasteiger partial charge in [-0.1, -0.05) is 12.1 Å². The predicted molar refractivity (Wildman–Crippen MR) is 85.5 cm³/mol. The van der Waals surface area contributed by atoms with E-state index in [-0.39, 0.29) is 18.1 Å². The summed E-state index contributed by atoms with van der Waals surface area (Å²) in [6.07, 6.45) is 0. The van der Waals surface area contributed by atoms with Crippen molar-refractivity contribution in [1.82, 2.24) is 5.32 Å². The van der Waals surface area contributed by atoms with Crippen LogP contribution in [0.2, 0.25) is 0 Å². The molecule has 0 aliphatic carbocycles. The molecule has 0 spiro atoms. The number of rotatable bonds is 3. The fourth-order valence-electron chi connectivity index (χ4n) is 2.19. The highest BCUT2D eigenvalue weighted by Crippen LogP contribution is 2.32. The zero-order valence-electron chi connectivity index (χ0n) is 12.8. The Bertz CT molecular complexity index is 831. The highest BCUT2D eigenvalue weighted by Gasteiger charge is 2.17. The van der Waals surface area contributed by atoms with Gasteiger partial charge in [-0.3, -0.25) is 14.9 Å². The maximum absolute atomic E-state index is 12.1. The zero-order valence-corrected chi connectivity index (χ0v) is 12.8. The smallest absolute Gasteiger partial charge is 0.326 e. The Morgan fingerprint density at radius 3 is 2.54 bits per heavy atom. The Morgan fingerprint density at radius 1 is 0.958 bits per heavy atom. The fourth-order valence-corrected chi connectivity index (χ4v) is 2.19. The first-order chi connectivity index (χ1) is 11.5. The van der Waals surface area contributed by atoms with Gasteiger partial charge in [-0.25, -0.2) is 4.79 Å². The van der Waals surface area contributed by atoms with Crippen LogP contribution in [-0.2, 0) is 0 Å². The number of ketones is 1. The molecule has 1 aliphatic heterocycles. The molecular weight excluding hydrogens is 312 g/mol. The van der Waals surface area contributed by atoms with Crippen LogP contribution in [0.15, 0.2) is 42.5 Å². The summed E-state index contributed by atoms with van der Waals surface area (Å²) in [5.74, 6) is 0.318. The first-order valence-electron chi connectivity index (χ1n) is 7.16. The van der Waals surface area contributed by atoms with Gasteiger partial charge in [0.15, 0.2) is 17.3 Å². The van der Waals surface area contributed by atoms with Gasteiger partial charge in [-0.05, 0) is 37.3 Å². The summed E-state index contributed by atoms with van der Waals surface area (Å²) in [7, 11) is 0. The van der Waals surface area contributed by atoms with E-state index in [1.807, 2.05) is 0 Å². The van der Waals surface area contributed by atoms with Gasteiger partial charge in [0.25, 0.3) is 5.91 Å². The molecule has 3 rings (SSSR count). The molecule has 2 aromatic rings. The van der Waals surface area contributed by atoms with Crippen LogP contribution in [0, 0.1) is 0 Å². The average molecular weight is 326 g/mol. The molecule has 7 heteroatoms. The lowest BCUT2D eigenvalue weighted by atomic mass is 10.1. The molecule has 0 saturated carbocycles. The summed E-state index contributed by atoms with van der Waals surface area (Å²) in [5, 5.41) is 4.73. The minimum absolute atomic E-state index is 0.105. The Balaban J connectivity index is 1.65. The lowest BCUT2D eigenvalue weighted by Gasteiger charge is -2.08. The third kappa shape index (κ3) is 3.35. The largest absolute Gasteiger partial charge is 0.454 e. The van der Waals surface area contributed by atoms with Crippen LogP contribution in [0.1, 0.15) is 27.6 Å². The molecule has 1 aliphatic rings. The molecule has 0 bridgehead atoms. The molecule has 0 aromatic heterocycles. The number of nitrogens with one attached hydrogen (secondary N) is 2. The molecule has 0 atom stereocenters. The summed E-state index contributed by atoms with van der Waals surface area (Å²) in [6, 6.07) is 10.4. The lowest BCUT2D eigenvalue weighted by Crippen LogP contribution is -2.34. The van der Waals surface area contributed by atoms with Crippen molar-refractivity contribution in [1.29, 1.82) is 0 Å². The van der Waals surface area contributed by atoms with Crippen molar-refractivity contribution in [3.63, 3.8) is 0 Å². The molecular formula is C17H14N2O5. The zero-order chi connectivity index (χ0) is 17.1. The molecule has 3 amide bonds. The van der Waals surface area contributed by atoms with Crippen molar-refractivity contribution in [3.8, 4) is 11.5 Å². The van der Waals surface area contributed by atoms with E-state index in [1.165, 1.54) is 25.1 Å². The van der Waals surface area contributed by atoms with Gasteiger partial charge in [-0.15, -0.1) is 0 Å². The molecule has 0 unspecified atom stereocenters. The molecule has 122 valence electrons. The molecule has 0 fully saturated rings. The van der Waals surface area contributed by atoms with Gasteiger partial charge in [0.1, 0.15) is 0 Å².